The minimum absolute atomic E-state index is 0.136. The van der Waals surface area contributed by atoms with Gasteiger partial charge in [0.15, 0.2) is 9.84 Å². The maximum absolute atomic E-state index is 12.9. The Morgan fingerprint density at radius 2 is 1.83 bits per heavy atom. The van der Waals surface area contributed by atoms with Crippen molar-refractivity contribution >= 4 is 27.4 Å². The highest BCUT2D eigenvalue weighted by Crippen LogP contribution is 2.18. The van der Waals surface area contributed by atoms with Gasteiger partial charge in [-0.05, 0) is 31.2 Å². The van der Waals surface area contributed by atoms with E-state index in [9.17, 15) is 17.6 Å². The topological polar surface area (TPSA) is 60.4 Å². The number of sulfone groups is 1. The fourth-order valence-corrected chi connectivity index (χ4v) is 3.39. The molecule has 4 nitrogen and oxygen atoms in total. The average Bonchev–Trinajstić information content (AvgIpc) is 2.52. The summed E-state index contributed by atoms with van der Waals surface area (Å²) in [5.41, 5.74) is 1.40. The lowest BCUT2D eigenvalue weighted by molar-refractivity contribution is -0.144. The van der Waals surface area contributed by atoms with Crippen LogP contribution in [0.3, 0.4) is 0 Å². The van der Waals surface area contributed by atoms with E-state index >= 15 is 0 Å². The maximum atomic E-state index is 12.9. The molecule has 2 aromatic rings. The van der Waals surface area contributed by atoms with Crippen LogP contribution in [-0.2, 0) is 26.0 Å². The van der Waals surface area contributed by atoms with E-state index in [4.69, 9.17) is 16.3 Å². The summed E-state index contributed by atoms with van der Waals surface area (Å²) in [6, 6.07) is 10.1. The first-order valence-corrected chi connectivity index (χ1v) is 9.20. The van der Waals surface area contributed by atoms with Gasteiger partial charge in [0.2, 0.25) is 0 Å². The van der Waals surface area contributed by atoms with Gasteiger partial charge in [0.25, 0.3) is 0 Å². The highest BCUT2D eigenvalue weighted by Gasteiger charge is 2.17. The molecule has 0 fully saturated rings. The second-order valence-electron chi connectivity index (χ2n) is 5.28. The molecule has 2 rings (SSSR count). The van der Waals surface area contributed by atoms with Crippen molar-refractivity contribution < 1.29 is 22.3 Å². The van der Waals surface area contributed by atoms with Gasteiger partial charge in [0.1, 0.15) is 12.4 Å². The molecule has 0 saturated heterocycles. The van der Waals surface area contributed by atoms with Crippen LogP contribution >= 0.6 is 11.6 Å². The Labute approximate surface area is 145 Å². The molecule has 0 radical (unpaired) electrons. The van der Waals surface area contributed by atoms with Crippen LogP contribution in [0, 0.1) is 12.7 Å². The van der Waals surface area contributed by atoms with Crippen molar-refractivity contribution in [1.29, 1.82) is 0 Å². The Balaban J connectivity index is 1.89. The smallest absolute Gasteiger partial charge is 0.307 e. The molecule has 0 N–H and O–H groups in total. The molecule has 0 aromatic heterocycles. The summed E-state index contributed by atoms with van der Waals surface area (Å²) in [7, 11) is -3.55. The highest BCUT2D eigenvalue weighted by atomic mass is 35.5. The van der Waals surface area contributed by atoms with Crippen molar-refractivity contribution in [2.45, 2.75) is 24.8 Å². The van der Waals surface area contributed by atoms with Gasteiger partial charge in [-0.2, -0.15) is 0 Å². The first-order valence-electron chi connectivity index (χ1n) is 7.17. The van der Waals surface area contributed by atoms with Gasteiger partial charge < -0.3 is 4.74 Å². The van der Waals surface area contributed by atoms with Crippen LogP contribution in [-0.4, -0.2) is 20.1 Å². The van der Waals surface area contributed by atoms with E-state index in [1.807, 2.05) is 6.92 Å². The Morgan fingerprint density at radius 1 is 1.17 bits per heavy atom. The number of hydrogen-bond donors (Lipinski definition) is 0. The number of hydrogen-bond acceptors (Lipinski definition) is 4. The first kappa shape index (κ1) is 18.4. The molecule has 0 aliphatic rings. The summed E-state index contributed by atoms with van der Waals surface area (Å²) >= 11 is 5.83. The fraction of sp³-hybridized carbons (Fsp3) is 0.235. The lowest BCUT2D eigenvalue weighted by Crippen LogP contribution is -2.13. The summed E-state index contributed by atoms with van der Waals surface area (Å²) in [6.45, 7) is 1.72. The molecule has 0 spiro atoms. The molecule has 7 heteroatoms. The van der Waals surface area contributed by atoms with Gasteiger partial charge in [-0.15, -0.1) is 0 Å². The lowest BCUT2D eigenvalue weighted by atomic mass is 10.2. The monoisotopic (exact) mass is 370 g/mol. The van der Waals surface area contributed by atoms with Gasteiger partial charge in [-0.25, -0.2) is 12.8 Å². The quantitative estimate of drug-likeness (QED) is 0.727. The van der Waals surface area contributed by atoms with E-state index in [2.05, 4.69) is 0 Å². The third kappa shape index (κ3) is 5.04. The van der Waals surface area contributed by atoms with Crippen LogP contribution in [0.2, 0.25) is 5.02 Å². The summed E-state index contributed by atoms with van der Waals surface area (Å²) in [5.74, 6) is -1.49. The zero-order valence-electron chi connectivity index (χ0n) is 13.0. The average molecular weight is 371 g/mol. The molecule has 0 atom stereocenters. The van der Waals surface area contributed by atoms with Crippen molar-refractivity contribution in [1.82, 2.24) is 0 Å². The third-order valence-electron chi connectivity index (χ3n) is 3.36. The molecule has 0 bridgehead atoms. The van der Waals surface area contributed by atoms with Crippen LogP contribution in [0.4, 0.5) is 4.39 Å². The van der Waals surface area contributed by atoms with Crippen LogP contribution < -0.4 is 0 Å². The maximum Gasteiger partial charge on any atom is 0.307 e. The van der Waals surface area contributed by atoms with E-state index in [1.54, 1.807) is 12.1 Å². The Bertz CT molecular complexity index is 832. The number of aryl methyl sites for hydroxylation is 1. The second kappa shape index (κ2) is 7.77. The van der Waals surface area contributed by atoms with Crippen molar-refractivity contribution in [3.8, 4) is 0 Å². The standard InChI is InChI=1S/C17H16ClFO4S/c1-12-2-6-15(7-3-12)24(21,22)9-8-17(20)23-11-13-4-5-14(19)10-16(13)18/h2-7,10H,8-9,11H2,1H3. The lowest BCUT2D eigenvalue weighted by Gasteiger charge is -2.07. The van der Waals surface area contributed by atoms with E-state index < -0.39 is 21.6 Å². The summed E-state index contributed by atoms with van der Waals surface area (Å²) < 4.78 is 42.2. The highest BCUT2D eigenvalue weighted by molar-refractivity contribution is 7.91. The molecular formula is C17H16ClFO4S. The first-order chi connectivity index (χ1) is 11.3. The number of halogens is 2. The molecular weight excluding hydrogens is 355 g/mol. The number of esters is 1. The summed E-state index contributed by atoms with van der Waals surface area (Å²) in [6.07, 6.45) is -0.269. The second-order valence-corrected chi connectivity index (χ2v) is 7.79. The van der Waals surface area contributed by atoms with Gasteiger partial charge in [0.05, 0.1) is 22.1 Å². The van der Waals surface area contributed by atoms with E-state index in [1.165, 1.54) is 24.3 Å². The minimum atomic E-state index is -3.55. The molecule has 2 aromatic carbocycles. The Hall–Kier alpha value is -1.92. The molecule has 0 saturated carbocycles. The molecule has 24 heavy (non-hydrogen) atoms. The van der Waals surface area contributed by atoms with Crippen molar-refractivity contribution in [3.05, 3.63) is 64.4 Å². The zero-order chi connectivity index (χ0) is 17.7. The predicted molar refractivity (Wildman–Crippen MR) is 89.1 cm³/mol. The van der Waals surface area contributed by atoms with Crippen LogP contribution in [0.1, 0.15) is 17.5 Å². The van der Waals surface area contributed by atoms with E-state index in [0.29, 0.717) is 5.56 Å². The van der Waals surface area contributed by atoms with E-state index in [0.717, 1.165) is 11.6 Å². The third-order valence-corrected chi connectivity index (χ3v) is 5.44. The Morgan fingerprint density at radius 3 is 2.46 bits per heavy atom. The minimum Gasteiger partial charge on any atom is -0.461 e. The number of carbonyl (C=O) groups is 1. The predicted octanol–water partition coefficient (Wildman–Crippen LogP) is 3.69. The van der Waals surface area contributed by atoms with Crippen molar-refractivity contribution in [2.75, 3.05) is 5.75 Å². The molecule has 0 heterocycles. The molecule has 0 amide bonds. The number of ether oxygens (including phenoxy) is 1. The Kier molecular flexibility index (Phi) is 5.96. The van der Waals surface area contributed by atoms with Crippen LogP contribution in [0.5, 0.6) is 0 Å². The van der Waals surface area contributed by atoms with Crippen LogP contribution in [0.25, 0.3) is 0 Å². The van der Waals surface area contributed by atoms with Gasteiger partial charge in [-0.3, -0.25) is 4.79 Å². The SMILES string of the molecule is Cc1ccc(S(=O)(=O)CCC(=O)OCc2ccc(F)cc2Cl)cc1. The summed E-state index contributed by atoms with van der Waals surface area (Å²) in [5, 5.41) is 0.148. The van der Waals surface area contributed by atoms with Crippen molar-refractivity contribution in [3.63, 3.8) is 0 Å². The number of benzene rings is 2. The number of rotatable bonds is 6. The fourth-order valence-electron chi connectivity index (χ4n) is 1.95. The van der Waals surface area contributed by atoms with Gasteiger partial charge >= 0.3 is 5.97 Å². The van der Waals surface area contributed by atoms with Crippen LogP contribution in [0.15, 0.2) is 47.4 Å². The largest absolute Gasteiger partial charge is 0.461 e. The summed E-state index contributed by atoms with van der Waals surface area (Å²) in [4.78, 5) is 11.9. The molecule has 0 aliphatic heterocycles. The molecule has 0 unspecified atom stereocenters. The molecule has 0 aliphatic carbocycles. The van der Waals surface area contributed by atoms with Gasteiger partial charge in [0, 0.05) is 5.56 Å². The molecule has 128 valence electrons. The van der Waals surface area contributed by atoms with E-state index in [-0.39, 0.29) is 28.7 Å². The van der Waals surface area contributed by atoms with Gasteiger partial charge in [-0.1, -0.05) is 35.4 Å². The normalized spacial score (nSPS) is 11.3. The number of carbonyl (C=O) groups excluding carboxylic acids is 1. The zero-order valence-corrected chi connectivity index (χ0v) is 14.5. The van der Waals surface area contributed by atoms with Crippen molar-refractivity contribution in [2.24, 2.45) is 0 Å².